The van der Waals surface area contributed by atoms with Crippen molar-refractivity contribution in [1.29, 1.82) is 0 Å². The normalized spacial score (nSPS) is 16.4. The Bertz CT molecular complexity index is 812. The van der Waals surface area contributed by atoms with Crippen LogP contribution in [0.15, 0.2) is 47.6 Å². The fourth-order valence-electron chi connectivity index (χ4n) is 3.29. The van der Waals surface area contributed by atoms with E-state index in [0.29, 0.717) is 0 Å². The van der Waals surface area contributed by atoms with Crippen molar-refractivity contribution in [3.8, 4) is 5.75 Å². The predicted octanol–water partition coefficient (Wildman–Crippen LogP) is 6.86. The van der Waals surface area contributed by atoms with Gasteiger partial charge in [-0.15, -0.1) is 0 Å². The van der Waals surface area contributed by atoms with E-state index in [2.05, 4.69) is 5.16 Å². The predicted molar refractivity (Wildman–Crippen MR) is 96.6 cm³/mol. The molecule has 0 bridgehead atoms. The Morgan fingerprint density at radius 3 is 2.30 bits per heavy atom. The van der Waals surface area contributed by atoms with Crippen molar-refractivity contribution < 1.29 is 22.4 Å². The minimum absolute atomic E-state index is 0.0657. The highest BCUT2D eigenvalue weighted by Gasteiger charge is 2.36. The van der Waals surface area contributed by atoms with Crippen LogP contribution in [0, 0.1) is 11.7 Å². The molecule has 0 amide bonds. The number of hydrogen-bond donors (Lipinski definition) is 0. The van der Waals surface area contributed by atoms with Gasteiger partial charge in [0.05, 0.1) is 11.3 Å². The van der Waals surface area contributed by atoms with Crippen LogP contribution in [0.3, 0.4) is 0 Å². The van der Waals surface area contributed by atoms with Crippen LogP contribution in [-0.4, -0.2) is 5.71 Å². The van der Waals surface area contributed by atoms with E-state index in [9.17, 15) is 17.6 Å². The van der Waals surface area contributed by atoms with Crippen molar-refractivity contribution in [1.82, 2.24) is 0 Å². The van der Waals surface area contributed by atoms with Gasteiger partial charge in [-0.05, 0) is 55.3 Å². The highest BCUT2D eigenvalue weighted by Crippen LogP contribution is 2.37. The molecule has 1 aliphatic rings. The second kappa shape index (κ2) is 8.30. The van der Waals surface area contributed by atoms with Crippen LogP contribution in [0.25, 0.3) is 0 Å². The lowest BCUT2D eigenvalue weighted by Gasteiger charge is -2.25. The van der Waals surface area contributed by atoms with Crippen molar-refractivity contribution in [3.63, 3.8) is 0 Å². The van der Waals surface area contributed by atoms with E-state index in [0.717, 1.165) is 38.2 Å². The average Bonchev–Trinajstić information content (AvgIpc) is 2.63. The molecule has 2 aromatic carbocycles. The monoisotopic (exact) mass is 399 g/mol. The molecule has 3 rings (SSSR count). The number of nitrogens with zero attached hydrogens (tertiary/aromatic N) is 1. The van der Waals surface area contributed by atoms with Crippen LogP contribution in [-0.2, 0) is 6.18 Å². The van der Waals surface area contributed by atoms with Gasteiger partial charge in [0.2, 0.25) is 0 Å². The molecule has 1 aliphatic carbocycles. The summed E-state index contributed by atoms with van der Waals surface area (Å²) in [5, 5.41) is 4.27. The first-order chi connectivity index (χ1) is 12.8. The van der Waals surface area contributed by atoms with Crippen molar-refractivity contribution in [2.45, 2.75) is 38.3 Å². The Labute approximate surface area is 159 Å². The van der Waals surface area contributed by atoms with Crippen LogP contribution in [0.1, 0.15) is 43.2 Å². The van der Waals surface area contributed by atoms with E-state index >= 15 is 0 Å². The molecule has 7 heteroatoms. The van der Waals surface area contributed by atoms with Crippen molar-refractivity contribution in [2.24, 2.45) is 11.1 Å². The van der Waals surface area contributed by atoms with Crippen LogP contribution in [0.4, 0.5) is 17.6 Å². The summed E-state index contributed by atoms with van der Waals surface area (Å²) in [6.07, 6.45) is -0.190. The Kier molecular flexibility index (Phi) is 6.05. The summed E-state index contributed by atoms with van der Waals surface area (Å²) in [7, 11) is 0. The number of rotatable bonds is 4. The maximum Gasteiger partial charge on any atom is 0.417 e. The summed E-state index contributed by atoms with van der Waals surface area (Å²) in [6.45, 7) is 0. The summed E-state index contributed by atoms with van der Waals surface area (Å²) in [6, 6.07) is 8.62. The number of alkyl halides is 3. The first kappa shape index (κ1) is 19.7. The highest BCUT2D eigenvalue weighted by atomic mass is 35.5. The maximum absolute atomic E-state index is 13.5. The first-order valence-electron chi connectivity index (χ1n) is 8.72. The van der Waals surface area contributed by atoms with Gasteiger partial charge in [0.15, 0.2) is 5.75 Å². The standard InChI is InChI=1S/C20H18ClF4NO/c21-14-6-11-18(20(23,24)25)17(12-14)19(13-4-2-1-3-5-13)26-27-16-9-7-15(22)8-10-16/h6-13H,1-5H2/b26-19+. The SMILES string of the molecule is Fc1ccc(O/N=C(/c2cc(Cl)ccc2C(F)(F)F)C2CCCCC2)cc1. The summed E-state index contributed by atoms with van der Waals surface area (Å²) in [4.78, 5) is 5.35. The Hall–Kier alpha value is -2.08. The lowest BCUT2D eigenvalue weighted by molar-refractivity contribution is -0.137. The maximum atomic E-state index is 13.5. The van der Waals surface area contributed by atoms with E-state index in [4.69, 9.17) is 16.4 Å². The van der Waals surface area contributed by atoms with Gasteiger partial charge in [0.25, 0.3) is 0 Å². The van der Waals surface area contributed by atoms with Crippen molar-refractivity contribution >= 4 is 17.3 Å². The minimum Gasteiger partial charge on any atom is -0.357 e. The minimum atomic E-state index is -4.54. The molecule has 0 aliphatic heterocycles. The van der Waals surface area contributed by atoms with Gasteiger partial charge in [0.1, 0.15) is 5.82 Å². The molecule has 0 heterocycles. The Morgan fingerprint density at radius 2 is 1.67 bits per heavy atom. The smallest absolute Gasteiger partial charge is 0.357 e. The molecular weight excluding hydrogens is 382 g/mol. The fourth-order valence-corrected chi connectivity index (χ4v) is 3.46. The van der Waals surface area contributed by atoms with Gasteiger partial charge in [0, 0.05) is 16.5 Å². The van der Waals surface area contributed by atoms with Crippen LogP contribution >= 0.6 is 11.6 Å². The molecule has 0 radical (unpaired) electrons. The number of benzene rings is 2. The second-order valence-electron chi connectivity index (χ2n) is 6.54. The van der Waals surface area contributed by atoms with Gasteiger partial charge < -0.3 is 4.84 Å². The molecule has 27 heavy (non-hydrogen) atoms. The summed E-state index contributed by atoms with van der Waals surface area (Å²) < 4.78 is 53.6. The first-order valence-corrected chi connectivity index (χ1v) is 9.10. The van der Waals surface area contributed by atoms with E-state index in [1.165, 1.54) is 36.4 Å². The second-order valence-corrected chi connectivity index (χ2v) is 6.98. The van der Waals surface area contributed by atoms with Gasteiger partial charge >= 0.3 is 6.18 Å². The molecule has 2 nitrogen and oxygen atoms in total. The molecule has 0 aromatic heterocycles. The van der Waals surface area contributed by atoms with E-state index < -0.39 is 17.6 Å². The lowest BCUT2D eigenvalue weighted by atomic mass is 9.82. The topological polar surface area (TPSA) is 21.6 Å². The zero-order valence-electron chi connectivity index (χ0n) is 14.4. The Morgan fingerprint density at radius 1 is 1.00 bits per heavy atom. The molecule has 0 atom stereocenters. The molecule has 1 fully saturated rings. The van der Waals surface area contributed by atoms with Crippen LogP contribution in [0.2, 0.25) is 5.02 Å². The fraction of sp³-hybridized carbons (Fsp3) is 0.350. The van der Waals surface area contributed by atoms with Gasteiger partial charge in [-0.2, -0.15) is 13.2 Å². The summed E-state index contributed by atoms with van der Waals surface area (Å²) in [5.74, 6) is -0.341. The van der Waals surface area contributed by atoms with Gasteiger partial charge in [-0.3, -0.25) is 0 Å². The zero-order chi connectivity index (χ0) is 19.4. The molecule has 144 valence electrons. The number of halogens is 5. The van der Waals surface area contributed by atoms with Crippen LogP contribution in [0.5, 0.6) is 5.75 Å². The summed E-state index contributed by atoms with van der Waals surface area (Å²) >= 11 is 5.98. The van der Waals surface area contributed by atoms with Crippen molar-refractivity contribution in [3.05, 3.63) is 64.4 Å². The molecule has 0 spiro atoms. The third-order valence-electron chi connectivity index (χ3n) is 4.62. The molecule has 1 saturated carbocycles. The third-order valence-corrected chi connectivity index (χ3v) is 4.85. The molecule has 2 aromatic rings. The largest absolute Gasteiger partial charge is 0.417 e. The number of oxime groups is 1. The van der Waals surface area contributed by atoms with E-state index in [-0.39, 0.29) is 28.0 Å². The van der Waals surface area contributed by atoms with E-state index in [1.54, 1.807) is 0 Å². The highest BCUT2D eigenvalue weighted by molar-refractivity contribution is 6.31. The molecular formula is C20H18ClF4NO. The Balaban J connectivity index is 2.03. The lowest BCUT2D eigenvalue weighted by Crippen LogP contribution is -2.23. The molecule has 0 saturated heterocycles. The van der Waals surface area contributed by atoms with Crippen LogP contribution < -0.4 is 4.84 Å². The van der Waals surface area contributed by atoms with Crippen molar-refractivity contribution in [2.75, 3.05) is 0 Å². The molecule has 0 N–H and O–H groups in total. The van der Waals surface area contributed by atoms with Gasteiger partial charge in [-0.1, -0.05) is 36.0 Å². The molecule has 0 unspecified atom stereocenters. The quantitative estimate of drug-likeness (QED) is 0.312. The third kappa shape index (κ3) is 5.01. The average molecular weight is 400 g/mol. The van der Waals surface area contributed by atoms with Gasteiger partial charge in [-0.25, -0.2) is 4.39 Å². The number of hydrogen-bond acceptors (Lipinski definition) is 2. The zero-order valence-corrected chi connectivity index (χ0v) is 15.2. The summed E-state index contributed by atoms with van der Waals surface area (Å²) in [5.41, 5.74) is -0.628. The van der Waals surface area contributed by atoms with E-state index in [1.807, 2.05) is 0 Å².